The van der Waals surface area contributed by atoms with Crippen LogP contribution in [0.25, 0.3) is 0 Å². The molecule has 0 aromatic heterocycles. The minimum absolute atomic E-state index is 0.368. The number of unbranched alkanes of at least 4 members (excludes halogenated alkanes) is 1. The lowest BCUT2D eigenvalue weighted by Gasteiger charge is -2.25. The van der Waals surface area contributed by atoms with Crippen molar-refractivity contribution in [2.24, 2.45) is 0 Å². The number of hydrogen-bond acceptors (Lipinski definition) is 4. The highest BCUT2D eigenvalue weighted by atomic mass is 31.2. The van der Waals surface area contributed by atoms with E-state index in [0.717, 1.165) is 18.5 Å². The second-order valence-corrected chi connectivity index (χ2v) is 8.44. The van der Waals surface area contributed by atoms with Gasteiger partial charge in [0.2, 0.25) is 0 Å². The van der Waals surface area contributed by atoms with Gasteiger partial charge in [-0.1, -0.05) is 43.7 Å². The Labute approximate surface area is 144 Å². The van der Waals surface area contributed by atoms with E-state index < -0.39 is 13.2 Å². The van der Waals surface area contributed by atoms with E-state index >= 15 is 0 Å². The molecule has 24 heavy (non-hydrogen) atoms. The highest BCUT2D eigenvalue weighted by molar-refractivity contribution is 7.67. The van der Waals surface area contributed by atoms with Gasteiger partial charge >= 0.3 is 0 Å². The summed E-state index contributed by atoms with van der Waals surface area (Å²) in [4.78, 5) is 1.97. The average Bonchev–Trinajstić information content (AvgIpc) is 2.62. The highest BCUT2D eigenvalue weighted by Gasteiger charge is 2.36. The van der Waals surface area contributed by atoms with Crippen LogP contribution in [0.1, 0.15) is 31.2 Å². The number of aliphatic hydroxyl groups is 1. The minimum Gasteiger partial charge on any atom is -0.378 e. The summed E-state index contributed by atoms with van der Waals surface area (Å²) in [6.07, 6.45) is 1.75. The largest absolute Gasteiger partial charge is 0.378 e. The summed E-state index contributed by atoms with van der Waals surface area (Å²) in [5.41, 5.74) is 1.61. The highest BCUT2D eigenvalue weighted by Crippen LogP contribution is 2.57. The van der Waals surface area contributed by atoms with Crippen LogP contribution in [0.5, 0.6) is 0 Å². The molecule has 5 heteroatoms. The molecule has 130 valence electrons. The molecule has 1 N–H and O–H groups in total. The summed E-state index contributed by atoms with van der Waals surface area (Å²) in [7, 11) is 0.472. The number of nitrogens with zero attached hydrogens (tertiary/aromatic N) is 1. The summed E-state index contributed by atoms with van der Waals surface area (Å²) in [5, 5.41) is 11.3. The lowest BCUT2D eigenvalue weighted by molar-refractivity contribution is 0.213. The zero-order valence-corrected chi connectivity index (χ0v) is 15.4. The van der Waals surface area contributed by atoms with E-state index in [2.05, 4.69) is 0 Å². The SMILES string of the molecule is CCCCO[P@@](=O)(c1ccc(N(C)C)cc1)[C@@H](O)c1ccccc1. The molecule has 0 radical (unpaired) electrons. The third-order valence-corrected chi connectivity index (χ3v) is 6.45. The summed E-state index contributed by atoms with van der Waals surface area (Å²) < 4.78 is 19.3. The number of rotatable bonds is 8. The van der Waals surface area contributed by atoms with Gasteiger partial charge in [-0.2, -0.15) is 0 Å². The second-order valence-electron chi connectivity index (χ2n) is 5.98. The molecule has 0 aliphatic rings. The van der Waals surface area contributed by atoms with Gasteiger partial charge in [-0.05, 0) is 36.2 Å². The molecule has 2 aromatic carbocycles. The fourth-order valence-electron chi connectivity index (χ4n) is 2.41. The van der Waals surface area contributed by atoms with Crippen molar-refractivity contribution in [3.05, 3.63) is 60.2 Å². The number of benzene rings is 2. The second kappa shape index (κ2) is 8.48. The predicted octanol–water partition coefficient (Wildman–Crippen LogP) is 4.16. The van der Waals surface area contributed by atoms with E-state index in [9.17, 15) is 9.67 Å². The van der Waals surface area contributed by atoms with Gasteiger partial charge in [0.1, 0.15) is 0 Å². The quantitative estimate of drug-likeness (QED) is 0.575. The Kier molecular flexibility index (Phi) is 6.61. The lowest BCUT2D eigenvalue weighted by Crippen LogP contribution is -2.16. The molecule has 0 heterocycles. The maximum atomic E-state index is 13.6. The van der Waals surface area contributed by atoms with Gasteiger partial charge in [-0.3, -0.25) is 4.57 Å². The van der Waals surface area contributed by atoms with Crippen molar-refractivity contribution < 1.29 is 14.2 Å². The molecule has 2 atom stereocenters. The van der Waals surface area contributed by atoms with E-state index in [1.165, 1.54) is 0 Å². The van der Waals surface area contributed by atoms with Gasteiger partial charge in [0, 0.05) is 25.1 Å². The van der Waals surface area contributed by atoms with Gasteiger partial charge in [-0.25, -0.2) is 0 Å². The first-order valence-electron chi connectivity index (χ1n) is 8.24. The number of aliphatic hydroxyl groups excluding tert-OH is 1. The molecule has 2 rings (SSSR count). The van der Waals surface area contributed by atoms with E-state index in [0.29, 0.717) is 17.5 Å². The molecule has 0 saturated carbocycles. The summed E-state index contributed by atoms with van der Waals surface area (Å²) >= 11 is 0. The van der Waals surface area contributed by atoms with Crippen LogP contribution in [0, 0.1) is 0 Å². The van der Waals surface area contributed by atoms with Gasteiger partial charge in [0.05, 0.1) is 6.61 Å². The Morgan fingerprint density at radius 2 is 1.71 bits per heavy atom. The average molecular weight is 347 g/mol. The summed E-state index contributed by atoms with van der Waals surface area (Å²) in [6, 6.07) is 16.4. The number of hydrogen-bond donors (Lipinski definition) is 1. The van der Waals surface area contributed by atoms with Crippen LogP contribution >= 0.6 is 7.37 Å². The van der Waals surface area contributed by atoms with Crippen LogP contribution in [0.15, 0.2) is 54.6 Å². The van der Waals surface area contributed by atoms with Crippen molar-refractivity contribution >= 4 is 18.4 Å². The Hall–Kier alpha value is -1.61. The molecule has 0 bridgehead atoms. The van der Waals surface area contributed by atoms with Crippen molar-refractivity contribution in [2.45, 2.75) is 25.6 Å². The smallest absolute Gasteiger partial charge is 0.264 e. The molecule has 0 unspecified atom stereocenters. The van der Waals surface area contributed by atoms with E-state index in [1.807, 2.05) is 56.3 Å². The first kappa shape index (κ1) is 18.7. The van der Waals surface area contributed by atoms with Crippen LogP contribution in [0.3, 0.4) is 0 Å². The molecule has 4 nitrogen and oxygen atoms in total. The van der Waals surface area contributed by atoms with Crippen LogP contribution in [0.2, 0.25) is 0 Å². The summed E-state index contributed by atoms with van der Waals surface area (Å²) in [5.74, 6) is -1.17. The molecule has 0 aliphatic heterocycles. The molecule has 0 amide bonds. The Morgan fingerprint density at radius 3 is 2.25 bits per heavy atom. The Balaban J connectivity index is 2.37. The molecular weight excluding hydrogens is 321 g/mol. The molecule has 0 aliphatic carbocycles. The van der Waals surface area contributed by atoms with Gasteiger partial charge in [0.25, 0.3) is 7.37 Å². The van der Waals surface area contributed by atoms with Crippen molar-refractivity contribution in [1.29, 1.82) is 0 Å². The first-order chi connectivity index (χ1) is 11.5. The molecule has 0 spiro atoms. The maximum Gasteiger partial charge on any atom is 0.264 e. The van der Waals surface area contributed by atoms with Gasteiger partial charge in [-0.15, -0.1) is 0 Å². The minimum atomic E-state index is -3.43. The van der Waals surface area contributed by atoms with E-state index in [1.54, 1.807) is 24.3 Å². The van der Waals surface area contributed by atoms with E-state index in [4.69, 9.17) is 4.52 Å². The third-order valence-electron chi connectivity index (χ3n) is 3.93. The zero-order valence-electron chi connectivity index (χ0n) is 14.6. The van der Waals surface area contributed by atoms with Crippen LogP contribution in [-0.4, -0.2) is 25.8 Å². The van der Waals surface area contributed by atoms with Crippen LogP contribution < -0.4 is 10.2 Å². The van der Waals surface area contributed by atoms with Crippen LogP contribution in [-0.2, 0) is 9.09 Å². The third kappa shape index (κ3) is 4.27. The first-order valence-corrected chi connectivity index (χ1v) is 9.93. The monoisotopic (exact) mass is 347 g/mol. The zero-order chi connectivity index (χ0) is 17.6. The van der Waals surface area contributed by atoms with Crippen molar-refractivity contribution in [3.8, 4) is 0 Å². The fraction of sp³-hybridized carbons (Fsp3) is 0.368. The fourth-order valence-corrected chi connectivity index (χ4v) is 4.51. The van der Waals surface area contributed by atoms with E-state index in [-0.39, 0.29) is 0 Å². The molecule has 2 aromatic rings. The standard InChI is InChI=1S/C19H26NO3P/c1-4-5-15-23-24(22,19(21)16-9-7-6-8-10-16)18-13-11-17(12-14-18)20(2)3/h6-14,19,21H,4-5,15H2,1-3H3/t19-,24+/m1/s1. The van der Waals surface area contributed by atoms with Gasteiger partial charge in [0.15, 0.2) is 5.85 Å². The normalized spacial score (nSPS) is 14.8. The molecule has 0 fully saturated rings. The topological polar surface area (TPSA) is 49.8 Å². The number of anilines is 1. The summed E-state index contributed by atoms with van der Waals surface area (Å²) in [6.45, 7) is 2.42. The predicted molar refractivity (Wildman–Crippen MR) is 100 cm³/mol. The van der Waals surface area contributed by atoms with Crippen molar-refractivity contribution in [2.75, 3.05) is 25.6 Å². The molecule has 0 saturated heterocycles. The maximum absolute atomic E-state index is 13.6. The van der Waals surface area contributed by atoms with Crippen molar-refractivity contribution in [1.82, 2.24) is 0 Å². The molecular formula is C19H26NO3P. The van der Waals surface area contributed by atoms with Gasteiger partial charge < -0.3 is 14.5 Å². The lowest BCUT2D eigenvalue weighted by atomic mass is 10.2. The Morgan fingerprint density at radius 1 is 1.08 bits per heavy atom. The van der Waals surface area contributed by atoms with Crippen molar-refractivity contribution in [3.63, 3.8) is 0 Å². The van der Waals surface area contributed by atoms with Crippen LogP contribution in [0.4, 0.5) is 5.69 Å². The Bertz CT molecular complexity index is 671.